The minimum absolute atomic E-state index is 0. The first-order valence-corrected chi connectivity index (χ1v) is 2.85. The Bertz CT molecular complexity index is 146. The van der Waals surface area contributed by atoms with Gasteiger partial charge in [-0.3, -0.25) is 4.79 Å². The number of amides is 1. The molecule has 0 aliphatic rings. The Labute approximate surface area is 84.2 Å². The molecule has 2 N–H and O–H groups in total. The van der Waals surface area contributed by atoms with E-state index in [1.165, 1.54) is 0 Å². The molecule has 0 aromatic rings. The van der Waals surface area contributed by atoms with Gasteiger partial charge in [0.05, 0.1) is 0 Å². The van der Waals surface area contributed by atoms with Crippen LogP contribution in [0.1, 0.15) is 20.8 Å². The molecule has 0 aliphatic carbocycles. The number of rotatable bonds is 1. The summed E-state index contributed by atoms with van der Waals surface area (Å²) in [4.78, 5) is 10.5. The van der Waals surface area contributed by atoms with Crippen molar-refractivity contribution in [2.45, 2.75) is 20.8 Å². The number of hydrogen-bond acceptors (Lipinski definition) is 1. The predicted molar refractivity (Wildman–Crippen MR) is 44.9 cm³/mol. The number of primary amides is 1. The van der Waals surface area contributed by atoms with Crippen molar-refractivity contribution in [3.05, 3.63) is 12.2 Å². The average molecular weight is 151 g/mol. The summed E-state index contributed by atoms with van der Waals surface area (Å²) in [6, 6.07) is 0. The van der Waals surface area contributed by atoms with Crippen LogP contribution in [0, 0.1) is 5.41 Å². The SMILES string of the molecule is C=C(C(N)=O)C(C)(C)C.[NaH]. The van der Waals surface area contributed by atoms with Crippen molar-refractivity contribution < 1.29 is 4.79 Å². The Kier molecular flexibility index (Phi) is 5.35. The summed E-state index contributed by atoms with van der Waals surface area (Å²) in [5.74, 6) is -0.414. The molecule has 3 heteroatoms. The third-order valence-corrected chi connectivity index (χ3v) is 1.20. The molecule has 0 fully saturated rings. The molecule has 0 atom stereocenters. The molecular weight excluding hydrogens is 137 g/mol. The normalized spacial score (nSPS) is 9.90. The van der Waals surface area contributed by atoms with Crippen LogP contribution in [-0.4, -0.2) is 35.5 Å². The van der Waals surface area contributed by atoms with Crippen molar-refractivity contribution in [1.82, 2.24) is 0 Å². The van der Waals surface area contributed by atoms with Crippen molar-refractivity contribution in [3.63, 3.8) is 0 Å². The fraction of sp³-hybridized carbons (Fsp3) is 0.571. The van der Waals surface area contributed by atoms with Crippen molar-refractivity contribution in [3.8, 4) is 0 Å². The Morgan fingerprint density at radius 1 is 1.40 bits per heavy atom. The molecule has 0 unspecified atom stereocenters. The van der Waals surface area contributed by atoms with Crippen molar-refractivity contribution in [2.75, 3.05) is 0 Å². The van der Waals surface area contributed by atoms with Crippen LogP contribution in [0.25, 0.3) is 0 Å². The summed E-state index contributed by atoms with van der Waals surface area (Å²) in [5.41, 5.74) is 5.27. The fourth-order valence-electron chi connectivity index (χ4n) is 0.370. The van der Waals surface area contributed by atoms with Crippen LogP contribution in [-0.2, 0) is 4.79 Å². The van der Waals surface area contributed by atoms with Crippen molar-refractivity contribution in [1.29, 1.82) is 0 Å². The van der Waals surface area contributed by atoms with Crippen LogP contribution in [0.2, 0.25) is 0 Å². The Balaban J connectivity index is 0. The molecule has 0 saturated carbocycles. The van der Waals surface area contributed by atoms with Crippen LogP contribution < -0.4 is 5.73 Å². The maximum absolute atomic E-state index is 10.5. The first-order valence-electron chi connectivity index (χ1n) is 2.85. The molecule has 0 aliphatic heterocycles. The van der Waals surface area contributed by atoms with Gasteiger partial charge in [0.15, 0.2) is 0 Å². The number of carbonyl (C=O) groups is 1. The molecule has 0 aromatic heterocycles. The number of carbonyl (C=O) groups excluding carboxylic acids is 1. The van der Waals surface area contributed by atoms with E-state index >= 15 is 0 Å². The fourth-order valence-corrected chi connectivity index (χ4v) is 0.370. The maximum atomic E-state index is 10.5. The summed E-state index contributed by atoms with van der Waals surface area (Å²) < 4.78 is 0. The first-order chi connectivity index (χ1) is 3.85. The van der Waals surface area contributed by atoms with E-state index < -0.39 is 5.91 Å². The zero-order valence-corrected chi connectivity index (χ0v) is 6.19. The molecule has 0 saturated heterocycles. The molecule has 10 heavy (non-hydrogen) atoms. The van der Waals surface area contributed by atoms with Gasteiger partial charge in [-0.1, -0.05) is 27.4 Å². The van der Waals surface area contributed by atoms with E-state index in [1.807, 2.05) is 20.8 Å². The number of nitrogens with two attached hydrogens (primary N) is 1. The van der Waals surface area contributed by atoms with Gasteiger partial charge in [-0.25, -0.2) is 0 Å². The second-order valence-electron chi connectivity index (χ2n) is 3.09. The monoisotopic (exact) mass is 151 g/mol. The zero-order chi connectivity index (χ0) is 7.65. The van der Waals surface area contributed by atoms with Crippen LogP contribution in [0.3, 0.4) is 0 Å². The Morgan fingerprint density at radius 2 is 1.70 bits per heavy atom. The van der Waals surface area contributed by atoms with Gasteiger partial charge in [0.1, 0.15) is 0 Å². The van der Waals surface area contributed by atoms with E-state index in [0.29, 0.717) is 5.57 Å². The molecule has 0 aromatic carbocycles. The standard InChI is InChI=1S/C7H13NO.Na.H/c1-5(6(8)9)7(2,3)4;;/h1H2,2-4H3,(H2,8,9);;. The third kappa shape index (κ3) is 4.09. The summed E-state index contributed by atoms with van der Waals surface area (Å²) >= 11 is 0. The molecule has 0 radical (unpaired) electrons. The van der Waals surface area contributed by atoms with Gasteiger partial charge in [0.25, 0.3) is 0 Å². The Hall–Kier alpha value is 0.210. The van der Waals surface area contributed by atoms with E-state index in [4.69, 9.17) is 5.73 Å². The van der Waals surface area contributed by atoms with Gasteiger partial charge >= 0.3 is 29.6 Å². The van der Waals surface area contributed by atoms with E-state index in [9.17, 15) is 4.79 Å². The van der Waals surface area contributed by atoms with E-state index in [2.05, 4.69) is 6.58 Å². The summed E-state index contributed by atoms with van der Waals surface area (Å²) in [6.45, 7) is 9.26. The van der Waals surface area contributed by atoms with Crippen molar-refractivity contribution in [2.24, 2.45) is 11.1 Å². The van der Waals surface area contributed by atoms with Crippen LogP contribution in [0.4, 0.5) is 0 Å². The number of hydrogen-bond donors (Lipinski definition) is 1. The summed E-state index contributed by atoms with van der Waals surface area (Å²) in [6.07, 6.45) is 0. The molecule has 1 amide bonds. The van der Waals surface area contributed by atoms with Crippen LogP contribution >= 0.6 is 0 Å². The van der Waals surface area contributed by atoms with Crippen LogP contribution in [0.5, 0.6) is 0 Å². The van der Waals surface area contributed by atoms with Crippen LogP contribution in [0.15, 0.2) is 12.2 Å². The molecule has 0 heterocycles. The van der Waals surface area contributed by atoms with Gasteiger partial charge in [0.2, 0.25) is 5.91 Å². The molecule has 0 bridgehead atoms. The topological polar surface area (TPSA) is 43.1 Å². The third-order valence-electron chi connectivity index (χ3n) is 1.20. The molecule has 0 spiro atoms. The minimum atomic E-state index is -0.414. The van der Waals surface area contributed by atoms with E-state index in [0.717, 1.165) is 0 Å². The van der Waals surface area contributed by atoms with Crippen molar-refractivity contribution >= 4 is 35.5 Å². The Morgan fingerprint density at radius 3 is 1.70 bits per heavy atom. The zero-order valence-electron chi connectivity index (χ0n) is 6.19. The van der Waals surface area contributed by atoms with Gasteiger partial charge < -0.3 is 5.73 Å². The predicted octanol–water partition coefficient (Wildman–Crippen LogP) is 0.425. The molecular formula is C7H14NNaO. The second kappa shape index (κ2) is 4.16. The first kappa shape index (κ1) is 12.8. The average Bonchev–Trinajstić information content (AvgIpc) is 1.62. The summed E-state index contributed by atoms with van der Waals surface area (Å²) in [7, 11) is 0. The second-order valence-corrected chi connectivity index (χ2v) is 3.09. The van der Waals surface area contributed by atoms with Gasteiger partial charge in [0, 0.05) is 5.57 Å². The molecule has 0 rings (SSSR count). The van der Waals surface area contributed by atoms with E-state index in [-0.39, 0.29) is 35.0 Å². The van der Waals surface area contributed by atoms with Gasteiger partial charge in [-0.2, -0.15) is 0 Å². The molecule has 2 nitrogen and oxygen atoms in total. The van der Waals surface area contributed by atoms with Gasteiger partial charge in [-0.05, 0) is 5.41 Å². The van der Waals surface area contributed by atoms with E-state index in [1.54, 1.807) is 0 Å². The molecule has 54 valence electrons. The van der Waals surface area contributed by atoms with Gasteiger partial charge in [-0.15, -0.1) is 0 Å². The quantitative estimate of drug-likeness (QED) is 0.428. The summed E-state index contributed by atoms with van der Waals surface area (Å²) in [5, 5.41) is 0.